The normalized spacial score (nSPS) is 11.8. The number of anilines is 1. The van der Waals surface area contributed by atoms with Crippen LogP contribution in [0.3, 0.4) is 0 Å². The second-order valence-corrected chi connectivity index (χ2v) is 4.84. The Morgan fingerprint density at radius 1 is 1.18 bits per heavy atom. The summed E-state index contributed by atoms with van der Waals surface area (Å²) in [5.41, 5.74) is 3.06. The van der Waals surface area contributed by atoms with E-state index >= 15 is 0 Å². The average molecular weight is 231 g/mol. The van der Waals surface area contributed by atoms with Crippen LogP contribution in [0, 0.1) is 5.92 Å². The second kappa shape index (κ2) is 5.67. The van der Waals surface area contributed by atoms with E-state index in [-0.39, 0.29) is 11.7 Å². The summed E-state index contributed by atoms with van der Waals surface area (Å²) < 4.78 is 0. The number of benzene rings is 1. The number of carbonyl (C=O) groups excluding carboxylic acids is 1. The van der Waals surface area contributed by atoms with Gasteiger partial charge in [-0.1, -0.05) is 18.6 Å². The first-order chi connectivity index (χ1) is 7.91. The van der Waals surface area contributed by atoms with Gasteiger partial charge in [-0.15, -0.1) is 0 Å². The minimum Gasteiger partial charge on any atom is -0.378 e. The molecule has 0 amide bonds. The maximum atomic E-state index is 12.1. The molecule has 1 aromatic carbocycles. The van der Waals surface area contributed by atoms with Crippen LogP contribution in [0.2, 0.25) is 0 Å². The number of hydrogen-bond acceptors (Lipinski definition) is 2. The summed E-state index contributed by atoms with van der Waals surface area (Å²) in [5, 5.41) is 0. The van der Waals surface area contributed by atoms with Crippen LogP contribution in [0.15, 0.2) is 35.9 Å². The van der Waals surface area contributed by atoms with Gasteiger partial charge in [0.1, 0.15) is 0 Å². The molecule has 0 aliphatic rings. The zero-order chi connectivity index (χ0) is 13.0. The van der Waals surface area contributed by atoms with Gasteiger partial charge in [-0.2, -0.15) is 0 Å². The number of ketones is 1. The molecular weight excluding hydrogens is 210 g/mol. The molecule has 1 aromatic rings. The molecule has 0 radical (unpaired) electrons. The van der Waals surface area contributed by atoms with Gasteiger partial charge in [0.05, 0.1) is 0 Å². The highest BCUT2D eigenvalue weighted by Gasteiger charge is 2.12. The number of Topliss-reactive ketones (excluding diaryl/α,β-unsaturated/α-hetero) is 1. The summed E-state index contributed by atoms with van der Waals surface area (Å²) in [6.45, 7) is 5.97. The molecule has 0 saturated heterocycles. The number of carbonyl (C=O) groups is 1. The minimum absolute atomic E-state index is 0.0507. The molecule has 0 unspecified atom stereocenters. The molecule has 2 nitrogen and oxygen atoms in total. The van der Waals surface area contributed by atoms with Crippen molar-refractivity contribution in [3.63, 3.8) is 0 Å². The fraction of sp³-hybridized carbons (Fsp3) is 0.400. The van der Waals surface area contributed by atoms with Gasteiger partial charge >= 0.3 is 0 Å². The first kappa shape index (κ1) is 13.5. The van der Waals surface area contributed by atoms with Crippen molar-refractivity contribution < 1.29 is 4.79 Å². The Hall–Kier alpha value is -1.57. The smallest absolute Gasteiger partial charge is 0.169 e. The van der Waals surface area contributed by atoms with Crippen molar-refractivity contribution in [2.75, 3.05) is 19.0 Å². The van der Waals surface area contributed by atoms with Gasteiger partial charge in [0.2, 0.25) is 0 Å². The Balaban J connectivity index is 2.87. The van der Waals surface area contributed by atoms with Crippen molar-refractivity contribution in [3.8, 4) is 0 Å². The molecular formula is C15H21NO. The highest BCUT2D eigenvalue weighted by Crippen LogP contribution is 2.16. The monoisotopic (exact) mass is 231 g/mol. The highest BCUT2D eigenvalue weighted by molar-refractivity contribution is 5.99. The van der Waals surface area contributed by atoms with Crippen LogP contribution in [0.4, 0.5) is 5.69 Å². The molecule has 0 fully saturated rings. The van der Waals surface area contributed by atoms with Crippen LogP contribution in [-0.4, -0.2) is 19.9 Å². The summed E-state index contributed by atoms with van der Waals surface area (Å²) in [5.74, 6) is 0.127. The zero-order valence-corrected chi connectivity index (χ0v) is 11.3. The summed E-state index contributed by atoms with van der Waals surface area (Å²) in [6.07, 6.45) is 2.00. The van der Waals surface area contributed by atoms with Gasteiger partial charge in [-0.3, -0.25) is 4.79 Å². The van der Waals surface area contributed by atoms with Crippen LogP contribution in [0.25, 0.3) is 0 Å². The third-order valence-corrected chi connectivity index (χ3v) is 2.67. The fourth-order valence-electron chi connectivity index (χ4n) is 1.76. The van der Waals surface area contributed by atoms with E-state index in [9.17, 15) is 4.79 Å². The van der Waals surface area contributed by atoms with E-state index in [1.165, 1.54) is 5.57 Å². The molecule has 1 rings (SSSR count). The van der Waals surface area contributed by atoms with Gasteiger partial charge in [-0.25, -0.2) is 0 Å². The van der Waals surface area contributed by atoms with Crippen molar-refractivity contribution in [2.24, 2.45) is 5.92 Å². The average Bonchev–Trinajstić information content (AvgIpc) is 2.27. The predicted molar refractivity (Wildman–Crippen MR) is 73.7 cm³/mol. The SMILES string of the molecule is CC(C)=C[C@H](C)C(=O)c1ccc(N(C)C)cc1. The molecule has 0 aliphatic carbocycles. The molecule has 0 spiro atoms. The lowest BCUT2D eigenvalue weighted by Gasteiger charge is -2.13. The molecule has 17 heavy (non-hydrogen) atoms. The van der Waals surface area contributed by atoms with Crippen molar-refractivity contribution in [1.29, 1.82) is 0 Å². The van der Waals surface area contributed by atoms with E-state index in [4.69, 9.17) is 0 Å². The van der Waals surface area contributed by atoms with Crippen molar-refractivity contribution in [1.82, 2.24) is 0 Å². The Morgan fingerprint density at radius 3 is 2.12 bits per heavy atom. The van der Waals surface area contributed by atoms with Crippen LogP contribution in [-0.2, 0) is 0 Å². The molecule has 0 N–H and O–H groups in total. The molecule has 92 valence electrons. The fourth-order valence-corrected chi connectivity index (χ4v) is 1.76. The molecule has 2 heteroatoms. The van der Waals surface area contributed by atoms with E-state index in [0.29, 0.717) is 0 Å². The minimum atomic E-state index is -0.0507. The number of hydrogen-bond donors (Lipinski definition) is 0. The van der Waals surface area contributed by atoms with E-state index in [2.05, 4.69) is 0 Å². The van der Waals surface area contributed by atoms with Crippen molar-refractivity contribution in [2.45, 2.75) is 20.8 Å². The van der Waals surface area contributed by atoms with Gasteiger partial charge < -0.3 is 4.90 Å². The van der Waals surface area contributed by atoms with Gasteiger partial charge in [0.25, 0.3) is 0 Å². The summed E-state index contributed by atoms with van der Waals surface area (Å²) in [4.78, 5) is 14.1. The zero-order valence-electron chi connectivity index (χ0n) is 11.3. The molecule has 0 saturated carbocycles. The van der Waals surface area contributed by atoms with Crippen LogP contribution in [0.1, 0.15) is 31.1 Å². The van der Waals surface area contributed by atoms with Crippen LogP contribution >= 0.6 is 0 Å². The van der Waals surface area contributed by atoms with E-state index < -0.39 is 0 Å². The van der Waals surface area contributed by atoms with E-state index in [1.807, 2.05) is 70.1 Å². The summed E-state index contributed by atoms with van der Waals surface area (Å²) in [7, 11) is 3.98. The largest absolute Gasteiger partial charge is 0.378 e. The van der Waals surface area contributed by atoms with Crippen molar-refractivity contribution >= 4 is 11.5 Å². The quantitative estimate of drug-likeness (QED) is 0.583. The summed E-state index contributed by atoms with van der Waals surface area (Å²) >= 11 is 0. The second-order valence-electron chi connectivity index (χ2n) is 4.84. The number of nitrogens with zero attached hydrogens (tertiary/aromatic N) is 1. The number of allylic oxidation sites excluding steroid dienone is 2. The third-order valence-electron chi connectivity index (χ3n) is 2.67. The van der Waals surface area contributed by atoms with Crippen LogP contribution < -0.4 is 4.90 Å². The van der Waals surface area contributed by atoms with Crippen molar-refractivity contribution in [3.05, 3.63) is 41.5 Å². The molecule has 0 aliphatic heterocycles. The standard InChI is InChI=1S/C15H21NO/c1-11(2)10-12(3)15(17)13-6-8-14(9-7-13)16(4)5/h6-10,12H,1-5H3/t12-/m0/s1. The first-order valence-corrected chi connectivity index (χ1v) is 5.88. The number of rotatable bonds is 4. The van der Waals surface area contributed by atoms with Gasteiger partial charge in [-0.05, 0) is 38.1 Å². The Kier molecular flexibility index (Phi) is 4.50. The van der Waals surface area contributed by atoms with E-state index in [0.717, 1.165) is 11.3 Å². The maximum absolute atomic E-state index is 12.1. The molecule has 0 heterocycles. The lowest BCUT2D eigenvalue weighted by Crippen LogP contribution is -2.11. The lowest BCUT2D eigenvalue weighted by molar-refractivity contribution is 0.0953. The van der Waals surface area contributed by atoms with Gasteiger partial charge in [0, 0.05) is 31.3 Å². The van der Waals surface area contributed by atoms with E-state index in [1.54, 1.807) is 0 Å². The lowest BCUT2D eigenvalue weighted by atomic mass is 9.97. The molecule has 0 bridgehead atoms. The predicted octanol–water partition coefficient (Wildman–Crippen LogP) is 3.54. The Labute approximate surface area is 104 Å². The third kappa shape index (κ3) is 3.74. The maximum Gasteiger partial charge on any atom is 0.169 e. The van der Waals surface area contributed by atoms with Gasteiger partial charge in [0.15, 0.2) is 5.78 Å². The highest BCUT2D eigenvalue weighted by atomic mass is 16.1. The molecule has 1 atom stereocenters. The topological polar surface area (TPSA) is 20.3 Å². The first-order valence-electron chi connectivity index (χ1n) is 5.88. The van der Waals surface area contributed by atoms with Crippen LogP contribution in [0.5, 0.6) is 0 Å². The molecule has 0 aromatic heterocycles. The summed E-state index contributed by atoms with van der Waals surface area (Å²) in [6, 6.07) is 7.74. The Morgan fingerprint density at radius 2 is 1.71 bits per heavy atom. The Bertz CT molecular complexity index is 411.